The number of ether oxygens (including phenoxy) is 2. The van der Waals surface area contributed by atoms with Crippen molar-refractivity contribution in [2.45, 2.75) is 45.4 Å². The fourth-order valence-electron chi connectivity index (χ4n) is 3.72. The first-order valence-electron chi connectivity index (χ1n) is 11.1. The van der Waals surface area contributed by atoms with Gasteiger partial charge in [-0.3, -0.25) is 4.79 Å². The molecule has 1 saturated heterocycles. The van der Waals surface area contributed by atoms with Gasteiger partial charge in [-0.25, -0.2) is 12.7 Å². The van der Waals surface area contributed by atoms with Gasteiger partial charge >= 0.3 is 0 Å². The van der Waals surface area contributed by atoms with Crippen molar-refractivity contribution in [1.29, 1.82) is 0 Å². The van der Waals surface area contributed by atoms with E-state index in [1.54, 1.807) is 28.6 Å². The highest BCUT2D eigenvalue weighted by atomic mass is 32.2. The fourth-order valence-corrected chi connectivity index (χ4v) is 5.33. The number of sulfonamides is 1. The molecule has 0 aliphatic carbocycles. The first kappa shape index (κ1) is 24.1. The summed E-state index contributed by atoms with van der Waals surface area (Å²) < 4.78 is 37.8. The summed E-state index contributed by atoms with van der Waals surface area (Å²) in [5.74, 6) is 1.06. The average molecular weight is 461 g/mol. The van der Waals surface area contributed by atoms with Crippen LogP contribution in [0.3, 0.4) is 0 Å². The van der Waals surface area contributed by atoms with Gasteiger partial charge in [0.15, 0.2) is 11.5 Å². The zero-order valence-electron chi connectivity index (χ0n) is 19.0. The third-order valence-electron chi connectivity index (χ3n) is 5.44. The molecular formula is C24H32N2O5S. The van der Waals surface area contributed by atoms with Crippen LogP contribution in [-0.2, 0) is 15.8 Å². The Hall–Kier alpha value is -2.58. The van der Waals surface area contributed by atoms with Crippen molar-refractivity contribution in [3.05, 3.63) is 59.2 Å². The molecule has 1 aliphatic heterocycles. The molecule has 8 heteroatoms. The minimum atomic E-state index is -3.31. The number of carbonyl (C=O) groups excluding carboxylic acids is 1. The van der Waals surface area contributed by atoms with E-state index in [1.165, 1.54) is 0 Å². The lowest BCUT2D eigenvalue weighted by Gasteiger charge is -2.18. The lowest BCUT2D eigenvalue weighted by atomic mass is 10.1. The second-order valence-electron chi connectivity index (χ2n) is 7.83. The summed E-state index contributed by atoms with van der Waals surface area (Å²) in [6.07, 6.45) is 1.83. The van der Waals surface area contributed by atoms with Gasteiger partial charge in [-0.15, -0.1) is 0 Å². The standard InChI is InChI=1S/C24H32N2O5S/c1-4-30-22-13-12-21(16-23(22)31-5-2)18(3)25-24(27)20-10-8-19(9-11-20)17-32(28,29)26-14-6-7-15-26/h8-13,16,18H,4-7,14-15,17H2,1-3H3,(H,25,27). The van der Waals surface area contributed by atoms with Gasteiger partial charge in [0, 0.05) is 18.7 Å². The molecule has 2 aromatic carbocycles. The summed E-state index contributed by atoms with van der Waals surface area (Å²) in [6, 6.07) is 12.1. The Bertz CT molecular complexity index is 1020. The highest BCUT2D eigenvalue weighted by Crippen LogP contribution is 2.31. The number of amides is 1. The monoisotopic (exact) mass is 460 g/mol. The Morgan fingerprint density at radius 3 is 2.25 bits per heavy atom. The number of hydrogen-bond acceptors (Lipinski definition) is 5. The summed E-state index contributed by atoms with van der Waals surface area (Å²) in [5.41, 5.74) is 2.06. The summed E-state index contributed by atoms with van der Waals surface area (Å²) in [7, 11) is -3.31. The van der Waals surface area contributed by atoms with E-state index >= 15 is 0 Å². The predicted octanol–water partition coefficient (Wildman–Crippen LogP) is 3.90. The van der Waals surface area contributed by atoms with E-state index in [1.807, 2.05) is 39.0 Å². The van der Waals surface area contributed by atoms with Gasteiger partial charge in [0.25, 0.3) is 5.91 Å². The van der Waals surface area contributed by atoms with Crippen molar-refractivity contribution in [2.24, 2.45) is 0 Å². The Balaban J connectivity index is 1.64. The van der Waals surface area contributed by atoms with Gasteiger partial charge in [-0.1, -0.05) is 18.2 Å². The smallest absolute Gasteiger partial charge is 0.251 e. The third-order valence-corrected chi connectivity index (χ3v) is 7.29. The summed E-state index contributed by atoms with van der Waals surface area (Å²) >= 11 is 0. The Kier molecular flexibility index (Phi) is 8.15. The molecule has 1 N–H and O–H groups in total. The van der Waals surface area contributed by atoms with Crippen molar-refractivity contribution in [3.8, 4) is 11.5 Å². The van der Waals surface area contributed by atoms with Crippen LogP contribution in [0, 0.1) is 0 Å². The van der Waals surface area contributed by atoms with Gasteiger partial charge in [-0.05, 0) is 69.0 Å². The predicted molar refractivity (Wildman–Crippen MR) is 125 cm³/mol. The molecule has 0 aromatic heterocycles. The Labute approximate surface area is 190 Å². The maximum Gasteiger partial charge on any atom is 0.251 e. The number of nitrogens with zero attached hydrogens (tertiary/aromatic N) is 1. The number of nitrogens with one attached hydrogen (secondary N) is 1. The van der Waals surface area contributed by atoms with Crippen molar-refractivity contribution < 1.29 is 22.7 Å². The molecule has 0 bridgehead atoms. The van der Waals surface area contributed by atoms with Crippen molar-refractivity contribution in [3.63, 3.8) is 0 Å². The molecule has 0 radical (unpaired) electrons. The largest absolute Gasteiger partial charge is 0.490 e. The van der Waals surface area contributed by atoms with Gasteiger partial charge < -0.3 is 14.8 Å². The Morgan fingerprint density at radius 2 is 1.62 bits per heavy atom. The van der Waals surface area contributed by atoms with E-state index in [0.29, 0.717) is 48.9 Å². The molecule has 0 spiro atoms. The van der Waals surface area contributed by atoms with Crippen LogP contribution in [0.2, 0.25) is 0 Å². The number of carbonyl (C=O) groups is 1. The van der Waals surface area contributed by atoms with Crippen molar-refractivity contribution in [2.75, 3.05) is 26.3 Å². The SMILES string of the molecule is CCOc1ccc(C(C)NC(=O)c2ccc(CS(=O)(=O)N3CCCC3)cc2)cc1OCC. The highest BCUT2D eigenvalue weighted by molar-refractivity contribution is 7.88. The average Bonchev–Trinajstić information content (AvgIpc) is 3.31. The zero-order valence-corrected chi connectivity index (χ0v) is 19.8. The molecule has 1 atom stereocenters. The Morgan fingerprint density at radius 1 is 1.00 bits per heavy atom. The van der Waals surface area contributed by atoms with Crippen LogP contribution in [-0.4, -0.2) is 44.9 Å². The highest BCUT2D eigenvalue weighted by Gasteiger charge is 2.25. The molecule has 2 aromatic rings. The first-order valence-corrected chi connectivity index (χ1v) is 12.7. The molecule has 0 saturated carbocycles. The van der Waals surface area contributed by atoms with Crippen LogP contribution in [0.15, 0.2) is 42.5 Å². The van der Waals surface area contributed by atoms with Gasteiger partial charge in [0.1, 0.15) is 0 Å². The first-order chi connectivity index (χ1) is 15.3. The summed E-state index contributed by atoms with van der Waals surface area (Å²) in [6.45, 7) is 7.98. The topological polar surface area (TPSA) is 84.9 Å². The summed E-state index contributed by atoms with van der Waals surface area (Å²) in [4.78, 5) is 12.7. The molecular weight excluding hydrogens is 428 g/mol. The minimum Gasteiger partial charge on any atom is -0.490 e. The second kappa shape index (κ2) is 10.8. The van der Waals surface area contributed by atoms with Crippen LogP contribution in [0.4, 0.5) is 0 Å². The lowest BCUT2D eigenvalue weighted by molar-refractivity contribution is 0.0939. The van der Waals surface area contributed by atoms with Crippen LogP contribution in [0.5, 0.6) is 11.5 Å². The quantitative estimate of drug-likeness (QED) is 0.581. The molecule has 1 fully saturated rings. The lowest BCUT2D eigenvalue weighted by Crippen LogP contribution is -2.29. The van der Waals surface area contributed by atoms with Gasteiger partial charge in [0.05, 0.1) is 25.0 Å². The van der Waals surface area contributed by atoms with E-state index in [2.05, 4.69) is 5.32 Å². The maximum atomic E-state index is 12.7. The number of hydrogen-bond donors (Lipinski definition) is 1. The van der Waals surface area contributed by atoms with Crippen LogP contribution >= 0.6 is 0 Å². The van der Waals surface area contributed by atoms with Crippen molar-refractivity contribution >= 4 is 15.9 Å². The van der Waals surface area contributed by atoms with E-state index in [-0.39, 0.29) is 17.7 Å². The molecule has 3 rings (SSSR count). The van der Waals surface area contributed by atoms with E-state index < -0.39 is 10.0 Å². The molecule has 7 nitrogen and oxygen atoms in total. The van der Waals surface area contributed by atoms with E-state index in [0.717, 1.165) is 18.4 Å². The zero-order chi connectivity index (χ0) is 23.1. The van der Waals surface area contributed by atoms with Crippen molar-refractivity contribution in [1.82, 2.24) is 9.62 Å². The maximum absolute atomic E-state index is 12.7. The molecule has 1 unspecified atom stereocenters. The summed E-state index contributed by atoms with van der Waals surface area (Å²) in [5, 5.41) is 2.98. The molecule has 1 amide bonds. The van der Waals surface area contributed by atoms with Crippen LogP contribution in [0.1, 0.15) is 61.1 Å². The number of benzene rings is 2. The number of rotatable bonds is 10. The normalized spacial score (nSPS) is 15.3. The van der Waals surface area contributed by atoms with Crippen LogP contribution in [0.25, 0.3) is 0 Å². The van der Waals surface area contributed by atoms with E-state index in [4.69, 9.17) is 9.47 Å². The molecule has 174 valence electrons. The molecule has 1 aliphatic rings. The van der Waals surface area contributed by atoms with E-state index in [9.17, 15) is 13.2 Å². The third kappa shape index (κ3) is 6.01. The fraction of sp³-hybridized carbons (Fsp3) is 0.458. The van der Waals surface area contributed by atoms with Crippen LogP contribution < -0.4 is 14.8 Å². The second-order valence-corrected chi connectivity index (χ2v) is 9.80. The van der Waals surface area contributed by atoms with Gasteiger partial charge in [-0.2, -0.15) is 0 Å². The molecule has 1 heterocycles. The van der Waals surface area contributed by atoms with Gasteiger partial charge in [0.2, 0.25) is 10.0 Å². The minimum absolute atomic E-state index is 0.0440. The molecule has 32 heavy (non-hydrogen) atoms.